The van der Waals surface area contributed by atoms with Crippen LogP contribution in [-0.2, 0) is 33.6 Å². The van der Waals surface area contributed by atoms with E-state index in [1.165, 1.54) is 16.9 Å². The van der Waals surface area contributed by atoms with Gasteiger partial charge in [0.25, 0.3) is 0 Å². The van der Waals surface area contributed by atoms with Gasteiger partial charge in [-0.25, -0.2) is 4.98 Å². The number of carbonyl (C=O) groups excluding carboxylic acids is 3. The van der Waals surface area contributed by atoms with Crippen molar-refractivity contribution in [2.75, 3.05) is 53.4 Å². The van der Waals surface area contributed by atoms with E-state index in [0.717, 1.165) is 69.1 Å². The highest BCUT2D eigenvalue weighted by molar-refractivity contribution is 7.11. The van der Waals surface area contributed by atoms with E-state index in [1.807, 2.05) is 25.2 Å². The van der Waals surface area contributed by atoms with Gasteiger partial charge in [-0.3, -0.25) is 19.3 Å². The third-order valence-corrected chi connectivity index (χ3v) is 8.67. The van der Waals surface area contributed by atoms with E-state index in [2.05, 4.69) is 71.0 Å². The van der Waals surface area contributed by atoms with Crippen molar-refractivity contribution in [2.24, 2.45) is 11.7 Å². The number of aldehydes is 1. The smallest absolute Gasteiger partial charge is 0.220 e. The van der Waals surface area contributed by atoms with Crippen molar-refractivity contribution >= 4 is 35.5 Å². The molecule has 1 fully saturated rings. The Hall–Kier alpha value is -3.18. The minimum Gasteiger partial charge on any atom is -0.370 e. The number of aryl methyl sites for hydroxylation is 1. The highest BCUT2D eigenvalue weighted by atomic mass is 32.1. The molecule has 242 valence electrons. The highest BCUT2D eigenvalue weighted by Crippen LogP contribution is 2.29. The number of carbonyl (C=O) groups is 3. The number of nitrogens with zero attached hydrogens (tertiary/aromatic N) is 3. The SMILES string of the molecule is C=C(C=O)CN1CCN(C)CC1.CCC(N)=O.CCC1C=Cc2nc(CCC(=O)NC(CNC)Cc3ccccc3)sc2C1. The van der Waals surface area contributed by atoms with Gasteiger partial charge in [0.1, 0.15) is 6.29 Å². The predicted octanol–water partition coefficient (Wildman–Crippen LogP) is 3.49. The maximum absolute atomic E-state index is 12.5. The number of rotatable bonds is 13. The van der Waals surface area contributed by atoms with Crippen molar-refractivity contribution < 1.29 is 14.4 Å². The second-order valence-corrected chi connectivity index (χ2v) is 12.5. The van der Waals surface area contributed by atoms with Crippen LogP contribution >= 0.6 is 11.3 Å². The fourth-order valence-electron chi connectivity index (χ4n) is 4.78. The van der Waals surface area contributed by atoms with Gasteiger partial charge in [0.2, 0.25) is 11.8 Å². The molecule has 0 bridgehead atoms. The Morgan fingerprint density at radius 3 is 2.45 bits per heavy atom. The molecule has 2 amide bonds. The molecule has 2 unspecified atom stereocenters. The Balaban J connectivity index is 0.000000328. The number of amides is 2. The van der Waals surface area contributed by atoms with E-state index in [1.54, 1.807) is 18.3 Å². The molecule has 2 atom stereocenters. The molecule has 1 aromatic carbocycles. The molecule has 10 heteroatoms. The lowest BCUT2D eigenvalue weighted by molar-refractivity contribution is -0.121. The Bertz CT molecular complexity index is 1190. The van der Waals surface area contributed by atoms with Crippen LogP contribution in [0.5, 0.6) is 0 Å². The zero-order chi connectivity index (χ0) is 32.3. The van der Waals surface area contributed by atoms with E-state index >= 15 is 0 Å². The molecule has 1 aromatic heterocycles. The number of thiazole rings is 1. The summed E-state index contributed by atoms with van der Waals surface area (Å²) in [6, 6.07) is 10.4. The van der Waals surface area contributed by atoms with Crippen LogP contribution in [0.15, 0.2) is 48.6 Å². The Morgan fingerprint density at radius 2 is 1.86 bits per heavy atom. The largest absolute Gasteiger partial charge is 0.370 e. The summed E-state index contributed by atoms with van der Waals surface area (Å²) in [5.41, 5.74) is 7.68. The second-order valence-electron chi connectivity index (χ2n) is 11.3. The van der Waals surface area contributed by atoms with Gasteiger partial charge in [-0.1, -0.05) is 56.8 Å². The van der Waals surface area contributed by atoms with Gasteiger partial charge in [-0.15, -0.1) is 11.3 Å². The summed E-state index contributed by atoms with van der Waals surface area (Å²) in [6.07, 6.45) is 10.0. The van der Waals surface area contributed by atoms with E-state index in [4.69, 9.17) is 4.98 Å². The van der Waals surface area contributed by atoms with Crippen molar-refractivity contribution in [3.63, 3.8) is 0 Å². The number of nitrogens with two attached hydrogens (primary N) is 1. The normalized spacial score (nSPS) is 16.8. The average Bonchev–Trinajstić information content (AvgIpc) is 3.44. The standard InChI is InChI=1S/C22H29N3OS.C9H16N2O.C3H7NO/c1-3-16-9-10-19-20(14-16)27-22(25-19)12-11-21(26)24-18(15-23-2)13-17-7-5-4-6-8-17;1-9(8-12)7-11-5-3-10(2)4-6-11;1-2-3(4)5/h4-10,16,18,23H,3,11-15H2,1-2H3,(H,24,26);8H,1,3-7H2,2H3;2H2,1H3,(H2,4,5). The highest BCUT2D eigenvalue weighted by Gasteiger charge is 2.18. The zero-order valence-corrected chi connectivity index (χ0v) is 27.8. The number of primary amides is 1. The third kappa shape index (κ3) is 14.5. The first-order valence-electron chi connectivity index (χ1n) is 15.6. The molecule has 0 saturated carbocycles. The van der Waals surface area contributed by atoms with E-state index < -0.39 is 0 Å². The summed E-state index contributed by atoms with van der Waals surface area (Å²) in [7, 11) is 4.03. The van der Waals surface area contributed by atoms with Crippen molar-refractivity contribution in [2.45, 2.75) is 58.4 Å². The van der Waals surface area contributed by atoms with Crippen LogP contribution in [0.1, 0.15) is 54.3 Å². The van der Waals surface area contributed by atoms with Crippen LogP contribution in [0.2, 0.25) is 0 Å². The lowest BCUT2D eigenvalue weighted by Gasteiger charge is -2.32. The number of aromatic nitrogens is 1. The lowest BCUT2D eigenvalue weighted by Crippen LogP contribution is -2.45. The number of fused-ring (bicyclic) bond motifs is 1. The van der Waals surface area contributed by atoms with Crippen LogP contribution in [0.4, 0.5) is 0 Å². The van der Waals surface area contributed by atoms with E-state index in [0.29, 0.717) is 30.8 Å². The molecule has 1 saturated heterocycles. The quantitative estimate of drug-likeness (QED) is 0.231. The lowest BCUT2D eigenvalue weighted by atomic mass is 9.96. The fourth-order valence-corrected chi connectivity index (χ4v) is 5.93. The van der Waals surface area contributed by atoms with Crippen molar-refractivity contribution in [3.8, 4) is 0 Å². The van der Waals surface area contributed by atoms with Gasteiger partial charge < -0.3 is 21.3 Å². The maximum atomic E-state index is 12.5. The number of allylic oxidation sites excluding steroid dienone is 1. The third-order valence-electron chi connectivity index (χ3n) is 7.51. The first-order chi connectivity index (χ1) is 21.2. The number of benzene rings is 1. The van der Waals surface area contributed by atoms with Crippen molar-refractivity contribution in [3.05, 3.63) is 69.7 Å². The zero-order valence-electron chi connectivity index (χ0n) is 27.0. The number of likely N-dealkylation sites (N-methyl/N-ethyl adjacent to an activating group) is 2. The van der Waals surface area contributed by atoms with Crippen LogP contribution in [0.25, 0.3) is 6.08 Å². The van der Waals surface area contributed by atoms with Gasteiger partial charge in [0.15, 0.2) is 0 Å². The molecule has 2 heterocycles. The van der Waals surface area contributed by atoms with E-state index in [9.17, 15) is 14.4 Å². The van der Waals surface area contributed by atoms with Crippen LogP contribution in [0, 0.1) is 5.92 Å². The topological polar surface area (TPSA) is 121 Å². The van der Waals surface area contributed by atoms with Gasteiger partial charge in [0.05, 0.1) is 10.7 Å². The first kappa shape index (κ1) is 37.0. The molecule has 9 nitrogen and oxygen atoms in total. The molecule has 1 aliphatic carbocycles. The van der Waals surface area contributed by atoms with Crippen molar-refractivity contribution in [1.29, 1.82) is 0 Å². The van der Waals surface area contributed by atoms with Crippen LogP contribution in [-0.4, -0.2) is 92.3 Å². The van der Waals surface area contributed by atoms with Crippen LogP contribution in [0.3, 0.4) is 0 Å². The molecule has 44 heavy (non-hydrogen) atoms. The van der Waals surface area contributed by atoms with Crippen LogP contribution < -0.4 is 16.4 Å². The minimum absolute atomic E-state index is 0.0985. The molecule has 1 aliphatic heterocycles. The number of nitrogens with one attached hydrogen (secondary N) is 2. The summed E-state index contributed by atoms with van der Waals surface area (Å²) in [5.74, 6) is 0.487. The molecule has 2 aliphatic rings. The molecule has 2 aromatic rings. The summed E-state index contributed by atoms with van der Waals surface area (Å²) in [5, 5.41) is 7.43. The summed E-state index contributed by atoms with van der Waals surface area (Å²) in [4.78, 5) is 43.0. The number of hydrogen-bond acceptors (Lipinski definition) is 8. The van der Waals surface area contributed by atoms with Gasteiger partial charge in [-0.05, 0) is 56.5 Å². The Labute approximate surface area is 268 Å². The summed E-state index contributed by atoms with van der Waals surface area (Å²) in [6.45, 7) is 13.4. The van der Waals surface area contributed by atoms with Gasteiger partial charge >= 0.3 is 0 Å². The average molecular weight is 625 g/mol. The van der Waals surface area contributed by atoms with Crippen molar-refractivity contribution in [1.82, 2.24) is 25.4 Å². The molecule has 0 radical (unpaired) electrons. The Kier molecular flexibility index (Phi) is 17.4. The molecule has 0 spiro atoms. The number of hydrogen-bond donors (Lipinski definition) is 3. The molecular weight excluding hydrogens is 572 g/mol. The minimum atomic E-state index is -0.245. The monoisotopic (exact) mass is 624 g/mol. The number of piperazine rings is 1. The van der Waals surface area contributed by atoms with Gasteiger partial charge in [0, 0.05) is 69.4 Å². The summed E-state index contributed by atoms with van der Waals surface area (Å²) < 4.78 is 0. The maximum Gasteiger partial charge on any atom is 0.220 e. The van der Waals surface area contributed by atoms with E-state index in [-0.39, 0.29) is 17.9 Å². The molecular formula is C34H52N6O3S. The first-order valence-corrected chi connectivity index (χ1v) is 16.5. The fraction of sp³-hybridized carbons (Fsp3) is 0.529. The van der Waals surface area contributed by atoms with Gasteiger partial charge in [-0.2, -0.15) is 0 Å². The molecule has 4 rings (SSSR count). The second kappa shape index (κ2) is 20.7. The Morgan fingerprint density at radius 1 is 1.18 bits per heavy atom. The summed E-state index contributed by atoms with van der Waals surface area (Å²) >= 11 is 1.77. The predicted molar refractivity (Wildman–Crippen MR) is 182 cm³/mol. The molecule has 4 N–H and O–H groups in total.